The molecule has 1 amide bonds. The van der Waals surface area contributed by atoms with E-state index >= 15 is 0 Å². The summed E-state index contributed by atoms with van der Waals surface area (Å²) in [5.74, 6) is 0.278. The van der Waals surface area contributed by atoms with Crippen molar-refractivity contribution < 1.29 is 4.79 Å². The van der Waals surface area contributed by atoms with Gasteiger partial charge in [-0.1, -0.05) is 6.92 Å². The normalized spacial score (nSPS) is 18.3. The third kappa shape index (κ3) is 2.97. The van der Waals surface area contributed by atoms with Crippen molar-refractivity contribution in [3.63, 3.8) is 0 Å². The molecular formula is C14H24N4O. The Balaban J connectivity index is 2.04. The van der Waals surface area contributed by atoms with E-state index in [4.69, 9.17) is 0 Å². The van der Waals surface area contributed by atoms with Crippen molar-refractivity contribution in [2.45, 2.75) is 32.7 Å². The van der Waals surface area contributed by atoms with E-state index in [0.29, 0.717) is 6.54 Å². The molecule has 2 heterocycles. The summed E-state index contributed by atoms with van der Waals surface area (Å²) in [6.07, 6.45) is 6.60. The van der Waals surface area contributed by atoms with Gasteiger partial charge in [-0.2, -0.15) is 5.10 Å². The first-order valence-corrected chi connectivity index (χ1v) is 7.01. The predicted octanol–water partition coefficient (Wildman–Crippen LogP) is 1.16. The number of nitrogens with one attached hydrogen (secondary N) is 1. The number of carbonyl (C=O) groups excluding carboxylic acids is 1. The van der Waals surface area contributed by atoms with Crippen molar-refractivity contribution in [3.8, 4) is 0 Å². The zero-order chi connectivity index (χ0) is 13.9. The van der Waals surface area contributed by atoms with Gasteiger partial charge in [-0.25, -0.2) is 0 Å². The van der Waals surface area contributed by atoms with Gasteiger partial charge >= 0.3 is 0 Å². The van der Waals surface area contributed by atoms with Crippen LogP contribution in [0, 0.1) is 5.41 Å². The fraction of sp³-hybridized carbons (Fsp3) is 0.714. The van der Waals surface area contributed by atoms with Crippen LogP contribution in [0.4, 0.5) is 0 Å². The summed E-state index contributed by atoms with van der Waals surface area (Å²) < 4.78 is 1.77. The predicted molar refractivity (Wildman–Crippen MR) is 74.5 cm³/mol. The Morgan fingerprint density at radius 1 is 1.53 bits per heavy atom. The first kappa shape index (κ1) is 14.1. The number of hydrogen-bond donors (Lipinski definition) is 1. The van der Waals surface area contributed by atoms with Gasteiger partial charge in [0.25, 0.3) is 0 Å². The lowest BCUT2D eigenvalue weighted by atomic mass is 9.75. The number of nitrogens with zero attached hydrogens (tertiary/aromatic N) is 3. The maximum atomic E-state index is 12.7. The minimum absolute atomic E-state index is 0.164. The summed E-state index contributed by atoms with van der Waals surface area (Å²) >= 11 is 0. The highest BCUT2D eigenvalue weighted by Gasteiger charge is 2.39. The van der Waals surface area contributed by atoms with Crippen molar-refractivity contribution in [2.75, 3.05) is 20.1 Å². The smallest absolute Gasteiger partial charge is 0.228 e. The van der Waals surface area contributed by atoms with Crippen LogP contribution in [-0.2, 0) is 18.4 Å². The molecule has 2 rings (SSSR count). The van der Waals surface area contributed by atoms with Gasteiger partial charge in [0.1, 0.15) is 0 Å². The summed E-state index contributed by atoms with van der Waals surface area (Å²) in [5, 5.41) is 7.48. The van der Waals surface area contributed by atoms with Gasteiger partial charge in [0.2, 0.25) is 5.91 Å². The van der Waals surface area contributed by atoms with Crippen molar-refractivity contribution in [3.05, 3.63) is 18.0 Å². The van der Waals surface area contributed by atoms with E-state index in [2.05, 4.69) is 17.3 Å². The number of aromatic nitrogens is 2. The molecule has 106 valence electrons. The van der Waals surface area contributed by atoms with Crippen LogP contribution in [0.3, 0.4) is 0 Å². The molecule has 1 aliphatic heterocycles. The lowest BCUT2D eigenvalue weighted by Gasteiger charge is -2.38. The third-order valence-electron chi connectivity index (χ3n) is 4.22. The fourth-order valence-corrected chi connectivity index (χ4v) is 2.93. The van der Waals surface area contributed by atoms with Crippen LogP contribution >= 0.6 is 0 Å². The molecule has 1 aliphatic rings. The van der Waals surface area contributed by atoms with Crippen molar-refractivity contribution in [2.24, 2.45) is 12.5 Å². The first-order valence-electron chi connectivity index (χ1n) is 7.01. The Kier molecular flexibility index (Phi) is 4.24. The highest BCUT2D eigenvalue weighted by Crippen LogP contribution is 2.34. The largest absolute Gasteiger partial charge is 0.341 e. The molecule has 1 fully saturated rings. The SMILES string of the molecule is CCC1(C(=O)N(C)Cc2cnn(C)c2)CCNCC1. The second-order valence-corrected chi connectivity index (χ2v) is 5.57. The molecule has 0 aliphatic carbocycles. The van der Waals surface area contributed by atoms with E-state index in [9.17, 15) is 4.79 Å². The summed E-state index contributed by atoms with van der Waals surface area (Å²) in [5.41, 5.74) is 0.918. The number of amides is 1. The Hall–Kier alpha value is -1.36. The van der Waals surface area contributed by atoms with Crippen LogP contribution in [-0.4, -0.2) is 40.7 Å². The summed E-state index contributed by atoms with van der Waals surface area (Å²) in [7, 11) is 3.79. The molecule has 0 atom stereocenters. The van der Waals surface area contributed by atoms with E-state index < -0.39 is 0 Å². The number of hydrogen-bond acceptors (Lipinski definition) is 3. The average Bonchev–Trinajstić information content (AvgIpc) is 2.84. The Bertz CT molecular complexity index is 434. The van der Waals surface area contributed by atoms with Crippen LogP contribution in [0.15, 0.2) is 12.4 Å². The zero-order valence-electron chi connectivity index (χ0n) is 12.1. The molecular weight excluding hydrogens is 240 g/mol. The van der Waals surface area contributed by atoms with Gasteiger partial charge in [-0.15, -0.1) is 0 Å². The second kappa shape index (κ2) is 5.74. The molecule has 0 radical (unpaired) electrons. The molecule has 5 nitrogen and oxygen atoms in total. The van der Waals surface area contributed by atoms with E-state index in [-0.39, 0.29) is 11.3 Å². The van der Waals surface area contributed by atoms with Crippen LogP contribution < -0.4 is 5.32 Å². The van der Waals surface area contributed by atoms with Gasteiger partial charge in [-0.3, -0.25) is 9.48 Å². The molecule has 19 heavy (non-hydrogen) atoms. The van der Waals surface area contributed by atoms with E-state index in [0.717, 1.165) is 37.9 Å². The molecule has 1 aromatic rings. The van der Waals surface area contributed by atoms with Gasteiger partial charge in [0.05, 0.1) is 11.6 Å². The van der Waals surface area contributed by atoms with Crippen LogP contribution in [0.2, 0.25) is 0 Å². The molecule has 0 aromatic carbocycles. The zero-order valence-corrected chi connectivity index (χ0v) is 12.1. The summed E-state index contributed by atoms with van der Waals surface area (Å²) in [6, 6.07) is 0. The highest BCUT2D eigenvalue weighted by atomic mass is 16.2. The molecule has 1 aromatic heterocycles. The van der Waals surface area contributed by atoms with E-state index in [1.807, 2.05) is 31.4 Å². The van der Waals surface area contributed by atoms with Gasteiger partial charge in [0, 0.05) is 32.4 Å². The van der Waals surface area contributed by atoms with Gasteiger partial charge in [0.15, 0.2) is 0 Å². The van der Waals surface area contributed by atoms with E-state index in [1.54, 1.807) is 4.68 Å². The second-order valence-electron chi connectivity index (χ2n) is 5.57. The third-order valence-corrected chi connectivity index (χ3v) is 4.22. The maximum Gasteiger partial charge on any atom is 0.228 e. The monoisotopic (exact) mass is 264 g/mol. The van der Waals surface area contributed by atoms with Crippen molar-refractivity contribution in [1.29, 1.82) is 0 Å². The minimum atomic E-state index is -0.164. The maximum absolute atomic E-state index is 12.7. The molecule has 5 heteroatoms. The molecule has 0 unspecified atom stereocenters. The Labute approximate surface area is 115 Å². The number of carbonyl (C=O) groups is 1. The fourth-order valence-electron chi connectivity index (χ4n) is 2.93. The first-order chi connectivity index (χ1) is 9.07. The highest BCUT2D eigenvalue weighted by molar-refractivity contribution is 5.82. The van der Waals surface area contributed by atoms with Gasteiger partial charge in [-0.05, 0) is 32.4 Å². The number of piperidine rings is 1. The van der Waals surface area contributed by atoms with Gasteiger partial charge < -0.3 is 10.2 Å². The lowest BCUT2D eigenvalue weighted by molar-refractivity contribution is -0.143. The quantitative estimate of drug-likeness (QED) is 0.888. The van der Waals surface area contributed by atoms with Crippen molar-refractivity contribution >= 4 is 5.91 Å². The summed E-state index contributed by atoms with van der Waals surface area (Å²) in [4.78, 5) is 14.6. The molecule has 1 saturated heterocycles. The molecule has 0 spiro atoms. The van der Waals surface area contributed by atoms with E-state index in [1.165, 1.54) is 0 Å². The minimum Gasteiger partial charge on any atom is -0.341 e. The standard InChI is InChI=1S/C14H24N4O/c1-4-14(5-7-15-8-6-14)13(19)17(2)10-12-9-16-18(3)11-12/h9,11,15H,4-8,10H2,1-3H3. The summed E-state index contributed by atoms with van der Waals surface area (Å²) in [6.45, 7) is 4.66. The average molecular weight is 264 g/mol. The molecule has 1 N–H and O–H groups in total. The van der Waals surface area contributed by atoms with Crippen molar-refractivity contribution in [1.82, 2.24) is 20.0 Å². The molecule has 0 bridgehead atoms. The topological polar surface area (TPSA) is 50.2 Å². The number of aryl methyl sites for hydroxylation is 1. The number of rotatable bonds is 4. The lowest BCUT2D eigenvalue weighted by Crippen LogP contribution is -2.47. The Morgan fingerprint density at radius 2 is 2.21 bits per heavy atom. The van der Waals surface area contributed by atoms with Crippen LogP contribution in [0.25, 0.3) is 0 Å². The van der Waals surface area contributed by atoms with Crippen LogP contribution in [0.1, 0.15) is 31.7 Å². The Morgan fingerprint density at radius 3 is 2.74 bits per heavy atom. The van der Waals surface area contributed by atoms with Crippen LogP contribution in [0.5, 0.6) is 0 Å². The molecule has 0 saturated carbocycles.